The van der Waals surface area contributed by atoms with Crippen LogP contribution in [0.5, 0.6) is 11.5 Å². The molecular formula is C17H23NO2S. The molecule has 1 aromatic heterocycles. The van der Waals surface area contributed by atoms with Crippen LogP contribution in [0.1, 0.15) is 29.2 Å². The van der Waals surface area contributed by atoms with Crippen LogP contribution in [0.4, 0.5) is 0 Å². The van der Waals surface area contributed by atoms with E-state index in [1.807, 2.05) is 25.1 Å². The van der Waals surface area contributed by atoms with Gasteiger partial charge in [0.25, 0.3) is 0 Å². The highest BCUT2D eigenvalue weighted by molar-refractivity contribution is 7.11. The Morgan fingerprint density at radius 3 is 2.52 bits per heavy atom. The summed E-state index contributed by atoms with van der Waals surface area (Å²) in [7, 11) is 1.66. The summed E-state index contributed by atoms with van der Waals surface area (Å²) in [6.07, 6.45) is 1.90. The van der Waals surface area contributed by atoms with Crippen LogP contribution >= 0.6 is 11.3 Å². The molecule has 0 bridgehead atoms. The predicted octanol–water partition coefficient (Wildman–Crippen LogP) is 3.79. The molecule has 0 aliphatic heterocycles. The third-order valence-electron chi connectivity index (χ3n) is 3.22. The average molecular weight is 305 g/mol. The molecule has 1 unspecified atom stereocenters. The molecule has 0 fully saturated rings. The van der Waals surface area contributed by atoms with E-state index in [0.717, 1.165) is 24.3 Å². The number of hydrogen-bond acceptors (Lipinski definition) is 4. The molecule has 0 aliphatic rings. The van der Waals surface area contributed by atoms with Crippen molar-refractivity contribution in [3.05, 3.63) is 45.6 Å². The van der Waals surface area contributed by atoms with Gasteiger partial charge in [-0.15, -0.1) is 11.3 Å². The summed E-state index contributed by atoms with van der Waals surface area (Å²) in [6.45, 7) is 4.74. The zero-order chi connectivity index (χ0) is 15.2. The van der Waals surface area contributed by atoms with Gasteiger partial charge < -0.3 is 15.2 Å². The van der Waals surface area contributed by atoms with Gasteiger partial charge in [-0.1, -0.05) is 13.0 Å². The lowest BCUT2D eigenvalue weighted by atomic mass is 10.1. The van der Waals surface area contributed by atoms with E-state index in [2.05, 4.69) is 19.1 Å². The van der Waals surface area contributed by atoms with E-state index in [1.54, 1.807) is 18.4 Å². The van der Waals surface area contributed by atoms with Gasteiger partial charge in [-0.3, -0.25) is 0 Å². The molecule has 2 rings (SSSR count). The molecule has 1 heterocycles. The second-order valence-corrected chi connectivity index (χ2v) is 6.43. The molecule has 2 aromatic rings. The molecule has 0 radical (unpaired) electrons. The molecule has 0 aliphatic carbocycles. The summed E-state index contributed by atoms with van der Waals surface area (Å²) in [5, 5.41) is 0. The van der Waals surface area contributed by atoms with Gasteiger partial charge in [0.05, 0.1) is 7.11 Å². The van der Waals surface area contributed by atoms with E-state index >= 15 is 0 Å². The summed E-state index contributed by atoms with van der Waals surface area (Å²) in [6, 6.07) is 10.4. The average Bonchev–Trinajstić information content (AvgIpc) is 2.93. The lowest BCUT2D eigenvalue weighted by Gasteiger charge is -2.12. The Hall–Kier alpha value is -1.52. The third-order valence-corrected chi connectivity index (χ3v) is 4.42. The van der Waals surface area contributed by atoms with Crippen molar-refractivity contribution >= 4 is 11.3 Å². The highest BCUT2D eigenvalue weighted by atomic mass is 32.1. The SMILES string of the molecule is CCc1ccc(COc2ccc(CC(C)N)cc2OC)s1. The van der Waals surface area contributed by atoms with Crippen LogP contribution in [0.2, 0.25) is 0 Å². The van der Waals surface area contributed by atoms with Crippen molar-refractivity contribution < 1.29 is 9.47 Å². The third kappa shape index (κ3) is 4.48. The van der Waals surface area contributed by atoms with Crippen molar-refractivity contribution in [1.82, 2.24) is 0 Å². The first kappa shape index (κ1) is 15.9. The molecule has 1 aromatic carbocycles. The smallest absolute Gasteiger partial charge is 0.161 e. The molecule has 3 nitrogen and oxygen atoms in total. The largest absolute Gasteiger partial charge is 0.493 e. The molecule has 0 spiro atoms. The summed E-state index contributed by atoms with van der Waals surface area (Å²) in [5.41, 5.74) is 7.00. The molecule has 0 amide bonds. The Morgan fingerprint density at radius 2 is 1.90 bits per heavy atom. The normalized spacial score (nSPS) is 12.2. The molecule has 0 saturated carbocycles. The number of rotatable bonds is 7. The summed E-state index contributed by atoms with van der Waals surface area (Å²) in [4.78, 5) is 2.61. The van der Waals surface area contributed by atoms with Gasteiger partial charge in [0.15, 0.2) is 11.5 Å². The molecule has 4 heteroatoms. The van der Waals surface area contributed by atoms with Crippen molar-refractivity contribution in [2.45, 2.75) is 39.3 Å². The zero-order valence-corrected chi connectivity index (χ0v) is 13.7. The van der Waals surface area contributed by atoms with Gasteiger partial charge in [-0.2, -0.15) is 0 Å². The topological polar surface area (TPSA) is 44.5 Å². The molecule has 0 saturated heterocycles. The number of ether oxygens (including phenoxy) is 2. The van der Waals surface area contributed by atoms with Crippen LogP contribution in [0.15, 0.2) is 30.3 Å². The molecular weight excluding hydrogens is 282 g/mol. The maximum atomic E-state index is 5.89. The van der Waals surface area contributed by atoms with Gasteiger partial charge in [0.2, 0.25) is 0 Å². The molecule has 2 N–H and O–H groups in total. The summed E-state index contributed by atoms with van der Waals surface area (Å²) >= 11 is 1.79. The Kier molecular flexibility index (Phi) is 5.65. The fraction of sp³-hybridized carbons (Fsp3) is 0.412. The minimum absolute atomic E-state index is 0.139. The maximum absolute atomic E-state index is 5.89. The van der Waals surface area contributed by atoms with Crippen molar-refractivity contribution in [3.8, 4) is 11.5 Å². The van der Waals surface area contributed by atoms with Crippen LogP contribution in [0.3, 0.4) is 0 Å². The number of aryl methyl sites for hydroxylation is 1. The second-order valence-electron chi connectivity index (χ2n) is 5.18. The van der Waals surface area contributed by atoms with Gasteiger partial charge in [0.1, 0.15) is 6.61 Å². The highest BCUT2D eigenvalue weighted by Crippen LogP contribution is 2.30. The first-order chi connectivity index (χ1) is 10.1. The zero-order valence-electron chi connectivity index (χ0n) is 12.9. The van der Waals surface area contributed by atoms with Crippen LogP contribution in [0.25, 0.3) is 0 Å². The molecule has 1 atom stereocenters. The molecule has 114 valence electrons. The fourth-order valence-electron chi connectivity index (χ4n) is 2.17. The van der Waals surface area contributed by atoms with Crippen LogP contribution < -0.4 is 15.2 Å². The summed E-state index contributed by atoms with van der Waals surface area (Å²) < 4.78 is 11.3. The highest BCUT2D eigenvalue weighted by Gasteiger charge is 2.08. The number of benzene rings is 1. The number of thiophene rings is 1. The lowest BCUT2D eigenvalue weighted by Crippen LogP contribution is -2.17. The first-order valence-corrected chi connectivity index (χ1v) is 8.07. The van der Waals surface area contributed by atoms with Crippen LogP contribution in [0, 0.1) is 0 Å². The van der Waals surface area contributed by atoms with E-state index in [1.165, 1.54) is 15.3 Å². The Balaban J connectivity index is 2.05. The number of methoxy groups -OCH3 is 1. The van der Waals surface area contributed by atoms with E-state index in [-0.39, 0.29) is 6.04 Å². The minimum Gasteiger partial charge on any atom is -0.493 e. The van der Waals surface area contributed by atoms with Crippen molar-refractivity contribution in [2.75, 3.05) is 7.11 Å². The van der Waals surface area contributed by atoms with Crippen LogP contribution in [-0.2, 0) is 19.4 Å². The van der Waals surface area contributed by atoms with Gasteiger partial charge in [0, 0.05) is 15.8 Å². The lowest BCUT2D eigenvalue weighted by molar-refractivity contribution is 0.287. The summed E-state index contributed by atoms with van der Waals surface area (Å²) in [5.74, 6) is 1.54. The maximum Gasteiger partial charge on any atom is 0.161 e. The van der Waals surface area contributed by atoms with Crippen LogP contribution in [-0.4, -0.2) is 13.2 Å². The Labute approximate surface area is 130 Å². The number of hydrogen-bond donors (Lipinski definition) is 1. The minimum atomic E-state index is 0.139. The van der Waals surface area contributed by atoms with Crippen molar-refractivity contribution in [3.63, 3.8) is 0 Å². The second kappa shape index (κ2) is 7.48. The Bertz CT molecular complexity index is 578. The van der Waals surface area contributed by atoms with Crippen molar-refractivity contribution in [1.29, 1.82) is 0 Å². The van der Waals surface area contributed by atoms with E-state index < -0.39 is 0 Å². The van der Waals surface area contributed by atoms with Crippen molar-refractivity contribution in [2.24, 2.45) is 5.73 Å². The first-order valence-electron chi connectivity index (χ1n) is 7.25. The standard InChI is InChI=1S/C17H23NO2S/c1-4-14-6-7-15(21-14)11-20-16-8-5-13(9-12(2)18)10-17(16)19-3/h5-8,10,12H,4,9,11,18H2,1-3H3. The monoisotopic (exact) mass is 305 g/mol. The van der Waals surface area contributed by atoms with Gasteiger partial charge in [-0.25, -0.2) is 0 Å². The predicted molar refractivity (Wildman–Crippen MR) is 88.4 cm³/mol. The van der Waals surface area contributed by atoms with E-state index in [0.29, 0.717) is 6.61 Å². The fourth-order valence-corrected chi connectivity index (χ4v) is 3.04. The van der Waals surface area contributed by atoms with Gasteiger partial charge >= 0.3 is 0 Å². The van der Waals surface area contributed by atoms with E-state index in [9.17, 15) is 0 Å². The molecule has 21 heavy (non-hydrogen) atoms. The quantitative estimate of drug-likeness (QED) is 0.846. The van der Waals surface area contributed by atoms with E-state index in [4.69, 9.17) is 15.2 Å². The van der Waals surface area contributed by atoms with Gasteiger partial charge in [-0.05, 0) is 49.6 Å². The Morgan fingerprint density at radius 1 is 1.14 bits per heavy atom. The number of nitrogens with two attached hydrogens (primary N) is 1.